The Kier molecular flexibility index (Phi) is 5.16. The molecule has 1 atom stereocenters. The van der Waals surface area contributed by atoms with Gasteiger partial charge in [-0.3, -0.25) is 4.90 Å². The molecule has 1 aliphatic rings. The first kappa shape index (κ1) is 13.5. The highest BCUT2D eigenvalue weighted by molar-refractivity contribution is 4.98. The molecule has 5 heteroatoms. The molecule has 0 aromatic carbocycles. The van der Waals surface area contributed by atoms with Crippen molar-refractivity contribution < 1.29 is 4.74 Å². The molecule has 1 aromatic rings. The summed E-state index contributed by atoms with van der Waals surface area (Å²) in [5, 5.41) is 3.36. The van der Waals surface area contributed by atoms with Gasteiger partial charge in [-0.1, -0.05) is 6.92 Å². The lowest BCUT2D eigenvalue weighted by Gasteiger charge is -2.28. The summed E-state index contributed by atoms with van der Waals surface area (Å²) in [5.41, 5.74) is 1.28. The van der Waals surface area contributed by atoms with E-state index in [9.17, 15) is 0 Å². The number of rotatable bonds is 6. The summed E-state index contributed by atoms with van der Waals surface area (Å²) < 4.78 is 7.95. The maximum absolute atomic E-state index is 5.72. The fourth-order valence-electron chi connectivity index (χ4n) is 2.35. The van der Waals surface area contributed by atoms with Crippen molar-refractivity contribution in [3.05, 3.63) is 18.2 Å². The molecule has 102 valence electrons. The number of nitrogens with one attached hydrogen (secondary N) is 1. The minimum atomic E-state index is 0.311. The molecule has 5 nitrogen and oxygen atoms in total. The number of ether oxygens (including phenoxy) is 1. The van der Waals surface area contributed by atoms with Crippen LogP contribution in [0.1, 0.15) is 19.0 Å². The first-order chi connectivity index (χ1) is 8.79. The van der Waals surface area contributed by atoms with Crippen molar-refractivity contribution in [2.45, 2.75) is 32.5 Å². The van der Waals surface area contributed by atoms with Crippen LogP contribution in [0.4, 0.5) is 0 Å². The van der Waals surface area contributed by atoms with Crippen molar-refractivity contribution in [3.8, 4) is 0 Å². The first-order valence-corrected chi connectivity index (χ1v) is 6.79. The van der Waals surface area contributed by atoms with Gasteiger partial charge in [-0.05, 0) is 13.5 Å². The SMILES string of the molecule is CCCn1cncc1CN(C)CC1CNCCO1. The molecule has 0 spiro atoms. The third-order valence-electron chi connectivity index (χ3n) is 3.21. The normalized spacial score (nSPS) is 20.5. The zero-order chi connectivity index (χ0) is 12.8. The van der Waals surface area contributed by atoms with Crippen LogP contribution in [0.3, 0.4) is 0 Å². The molecule has 0 radical (unpaired) electrons. The minimum absolute atomic E-state index is 0.311. The Morgan fingerprint density at radius 2 is 2.50 bits per heavy atom. The van der Waals surface area contributed by atoms with Crippen LogP contribution >= 0.6 is 0 Å². The van der Waals surface area contributed by atoms with Gasteiger partial charge in [0.25, 0.3) is 0 Å². The van der Waals surface area contributed by atoms with E-state index in [0.29, 0.717) is 6.10 Å². The van der Waals surface area contributed by atoms with Gasteiger partial charge in [-0.15, -0.1) is 0 Å². The van der Waals surface area contributed by atoms with Crippen molar-refractivity contribution in [3.63, 3.8) is 0 Å². The van der Waals surface area contributed by atoms with Crippen LogP contribution in [0.5, 0.6) is 0 Å². The molecular weight excluding hydrogens is 228 g/mol. The van der Waals surface area contributed by atoms with E-state index in [2.05, 4.69) is 33.7 Å². The van der Waals surface area contributed by atoms with Gasteiger partial charge in [0.05, 0.1) is 24.7 Å². The molecule has 1 N–H and O–H groups in total. The largest absolute Gasteiger partial charge is 0.374 e. The second-order valence-electron chi connectivity index (χ2n) is 4.97. The summed E-state index contributed by atoms with van der Waals surface area (Å²) in [6, 6.07) is 0. The molecule has 0 aliphatic carbocycles. The van der Waals surface area contributed by atoms with E-state index in [0.717, 1.165) is 45.8 Å². The number of imidazole rings is 1. The smallest absolute Gasteiger partial charge is 0.0948 e. The number of likely N-dealkylation sites (N-methyl/N-ethyl adjacent to an activating group) is 1. The maximum Gasteiger partial charge on any atom is 0.0948 e. The van der Waals surface area contributed by atoms with Crippen LogP contribution in [0.2, 0.25) is 0 Å². The van der Waals surface area contributed by atoms with Crippen molar-refractivity contribution in [2.24, 2.45) is 0 Å². The predicted molar refractivity (Wildman–Crippen MR) is 71.5 cm³/mol. The monoisotopic (exact) mass is 252 g/mol. The Morgan fingerprint density at radius 3 is 3.22 bits per heavy atom. The van der Waals surface area contributed by atoms with Gasteiger partial charge in [-0.25, -0.2) is 4.98 Å². The van der Waals surface area contributed by atoms with E-state index >= 15 is 0 Å². The van der Waals surface area contributed by atoms with E-state index < -0.39 is 0 Å². The number of aryl methyl sites for hydroxylation is 1. The first-order valence-electron chi connectivity index (χ1n) is 6.79. The van der Waals surface area contributed by atoms with Crippen molar-refractivity contribution in [1.29, 1.82) is 0 Å². The minimum Gasteiger partial charge on any atom is -0.374 e. The predicted octanol–water partition coefficient (Wildman–Crippen LogP) is 0.713. The Morgan fingerprint density at radius 1 is 1.61 bits per heavy atom. The van der Waals surface area contributed by atoms with Gasteiger partial charge >= 0.3 is 0 Å². The highest BCUT2D eigenvalue weighted by atomic mass is 16.5. The average Bonchev–Trinajstić information content (AvgIpc) is 2.78. The number of nitrogens with zero attached hydrogens (tertiary/aromatic N) is 3. The second-order valence-corrected chi connectivity index (χ2v) is 4.97. The number of morpholine rings is 1. The summed E-state index contributed by atoms with van der Waals surface area (Å²) >= 11 is 0. The van der Waals surface area contributed by atoms with Crippen LogP contribution in [-0.2, 0) is 17.8 Å². The Balaban J connectivity index is 1.82. The van der Waals surface area contributed by atoms with E-state index in [-0.39, 0.29) is 0 Å². The molecule has 0 saturated carbocycles. The Hall–Kier alpha value is -0.910. The standard InChI is InChI=1S/C13H24N4O/c1-3-5-17-11-15-7-12(17)9-16(2)10-13-8-14-4-6-18-13/h7,11,13-14H,3-6,8-10H2,1-2H3. The van der Waals surface area contributed by atoms with Gasteiger partial charge in [-0.2, -0.15) is 0 Å². The Labute approximate surface area is 109 Å². The third-order valence-corrected chi connectivity index (χ3v) is 3.21. The van der Waals surface area contributed by atoms with Gasteiger partial charge < -0.3 is 14.6 Å². The molecule has 1 unspecified atom stereocenters. The fraction of sp³-hybridized carbons (Fsp3) is 0.769. The van der Waals surface area contributed by atoms with Gasteiger partial charge in [0.15, 0.2) is 0 Å². The third kappa shape index (κ3) is 3.80. The van der Waals surface area contributed by atoms with E-state index in [1.807, 2.05) is 12.5 Å². The van der Waals surface area contributed by atoms with Gasteiger partial charge in [0.2, 0.25) is 0 Å². The van der Waals surface area contributed by atoms with Gasteiger partial charge in [0.1, 0.15) is 0 Å². The summed E-state index contributed by atoms with van der Waals surface area (Å²) in [7, 11) is 2.14. The summed E-state index contributed by atoms with van der Waals surface area (Å²) in [6.07, 6.45) is 5.34. The van der Waals surface area contributed by atoms with E-state index in [1.54, 1.807) is 0 Å². The van der Waals surface area contributed by atoms with Crippen LogP contribution < -0.4 is 5.32 Å². The number of hydrogen-bond acceptors (Lipinski definition) is 4. The summed E-state index contributed by atoms with van der Waals surface area (Å²) in [5.74, 6) is 0. The van der Waals surface area contributed by atoms with E-state index in [4.69, 9.17) is 4.74 Å². The van der Waals surface area contributed by atoms with E-state index in [1.165, 1.54) is 5.69 Å². The highest BCUT2D eigenvalue weighted by Gasteiger charge is 2.16. The zero-order valence-corrected chi connectivity index (χ0v) is 11.4. The zero-order valence-electron chi connectivity index (χ0n) is 11.4. The van der Waals surface area contributed by atoms with Crippen LogP contribution in [0.25, 0.3) is 0 Å². The molecule has 0 bridgehead atoms. The summed E-state index contributed by atoms with van der Waals surface area (Å²) in [6.45, 7) is 7.89. The van der Waals surface area contributed by atoms with Crippen LogP contribution in [-0.4, -0.2) is 53.8 Å². The maximum atomic E-state index is 5.72. The molecule has 0 amide bonds. The highest BCUT2D eigenvalue weighted by Crippen LogP contribution is 2.06. The Bertz CT molecular complexity index is 347. The lowest BCUT2D eigenvalue weighted by Crippen LogP contribution is -2.44. The second kappa shape index (κ2) is 6.87. The molecule has 1 saturated heterocycles. The lowest BCUT2D eigenvalue weighted by molar-refractivity contribution is 0.00853. The van der Waals surface area contributed by atoms with Crippen LogP contribution in [0, 0.1) is 0 Å². The molecule has 1 fully saturated rings. The van der Waals surface area contributed by atoms with Crippen molar-refractivity contribution in [2.75, 3.05) is 33.3 Å². The van der Waals surface area contributed by atoms with Crippen molar-refractivity contribution in [1.82, 2.24) is 19.8 Å². The van der Waals surface area contributed by atoms with Gasteiger partial charge in [0, 0.05) is 38.9 Å². The molecule has 18 heavy (non-hydrogen) atoms. The quantitative estimate of drug-likeness (QED) is 0.810. The summed E-state index contributed by atoms with van der Waals surface area (Å²) in [4.78, 5) is 6.54. The number of hydrogen-bond donors (Lipinski definition) is 1. The van der Waals surface area contributed by atoms with Crippen molar-refractivity contribution >= 4 is 0 Å². The molecule has 2 rings (SSSR count). The topological polar surface area (TPSA) is 42.3 Å². The molecule has 1 aromatic heterocycles. The number of aromatic nitrogens is 2. The molecule has 1 aliphatic heterocycles. The molecular formula is C13H24N4O. The lowest BCUT2D eigenvalue weighted by atomic mass is 10.3. The van der Waals surface area contributed by atoms with Crippen LogP contribution in [0.15, 0.2) is 12.5 Å². The fourth-order valence-corrected chi connectivity index (χ4v) is 2.35. The average molecular weight is 252 g/mol. The molecule has 2 heterocycles.